The molecule has 116 heavy (non-hydrogen) atoms. The lowest BCUT2D eigenvalue weighted by molar-refractivity contribution is -0.143. The number of primary amides is 1. The molecule has 32 nitrogen and oxygen atoms in total. The molecule has 1 saturated heterocycles. The second-order valence-corrected chi connectivity index (χ2v) is 33.5. The SMILES string of the molecule is CC(=O)N[C@H]1CSCc2cccc(c2)CSC[C@H](C(N)=O)NC(=O)[C@H]([C@@H](C)O)NC(=O)[C@](C)(C(C)C)NC(=O)[C@H](Cc2ccc(O)cc2)NC(=O)[C@H](C)NC(=O)[C@@]2(CCc3ccccc32)NC(=O)[C@H](Cc2c[nH]c3ncccc23)NC(=O)[C@H]([C@@H](C)O)NC(=O)[C@@H]2CCCN2C(=O)[C@H](Cc2ccc(O)cc2)NC(=O)[C@H](C(C)(C)C)NC1=O. The van der Waals surface area contributed by atoms with Gasteiger partial charge >= 0.3 is 0 Å². The Labute approximate surface area is 680 Å². The standard InChI is InChI=1S/C82H105N15O17S2/c1-43(2)81(10)78(113)93-65(46(5)99)75(110)91-61(67(83)103)41-115-39-50-16-13-17-51(34-50)40-116-42-62(87-47(6)100)70(105)94-66(80(7,8)9)76(111)90-60(36-49-24-28-55(102)29-25-49)77(112)97-33-15-21-63(97)73(108)92-64(45(4)98)74(109)89-59(37-53-38-85-68-56(53)19-14-32-84-68)72(107)96-82(31-30-52-18-11-12-20-57(52)82)79(114)86-44(3)69(104)88-58(71(106)95-81)35-48-22-26-54(101)27-23-48/h11-14,16-20,22-29,32,34,38,43-46,58-66,98-99,101-102H,15,21,30-31,33,35-37,39-42H2,1-10H3,(H2,83,103)(H,84,85)(H,86,114)(H,87,100)(H,88,104)(H,89,109)(H,90,111)(H,91,110)(H,92,108)(H,93,113)(H,94,105)(H,95,106)(H,96,107)/t44-,45+,46+,58-,59-,60-,61+,62-,63-,64-,65-,66+,81-,82-/m0/s1. The second-order valence-electron chi connectivity index (χ2n) is 31.4. The van der Waals surface area contributed by atoms with Crippen molar-refractivity contribution in [3.05, 3.63) is 161 Å². The molecule has 9 rings (SSSR count). The van der Waals surface area contributed by atoms with E-state index >= 15 is 19.2 Å². The Morgan fingerprint density at radius 3 is 1.82 bits per heavy atom. The van der Waals surface area contributed by atoms with Crippen LogP contribution in [0.2, 0.25) is 0 Å². The lowest BCUT2D eigenvalue weighted by Gasteiger charge is -2.36. The van der Waals surface area contributed by atoms with Crippen molar-refractivity contribution in [3.63, 3.8) is 0 Å². The predicted molar refractivity (Wildman–Crippen MR) is 434 cm³/mol. The number of aromatic amines is 1. The number of carbonyl (C=O) groups is 13. The molecular weight excluding hydrogens is 1530 g/mol. The van der Waals surface area contributed by atoms with Crippen molar-refractivity contribution in [1.82, 2.24) is 73.4 Å². The lowest BCUT2D eigenvalue weighted by atomic mass is 9.85. The minimum atomic E-state index is -1.99. The van der Waals surface area contributed by atoms with Crippen molar-refractivity contribution >= 4 is 111 Å². The lowest BCUT2D eigenvalue weighted by Crippen LogP contribution is -2.67. The minimum absolute atomic E-state index is 0.0106. The highest BCUT2D eigenvalue weighted by molar-refractivity contribution is 7.98. The number of aliphatic hydroxyl groups excluding tert-OH is 2. The van der Waals surface area contributed by atoms with Crippen LogP contribution >= 0.6 is 23.5 Å². The average Bonchev–Trinajstić information content (AvgIpc) is 1.59. The molecule has 0 radical (unpaired) electrons. The average molecular weight is 1640 g/mol. The Hall–Kier alpha value is -11.1. The normalized spacial score (nSPS) is 26.1. The third kappa shape index (κ3) is 22.5. The first-order valence-electron chi connectivity index (χ1n) is 38.5. The molecule has 6 aromatic rings. The number of aromatic hydroxyl groups is 2. The number of hydrogen-bond acceptors (Lipinski definition) is 20. The van der Waals surface area contributed by atoms with Gasteiger partial charge < -0.3 is 94.5 Å². The number of aryl methyl sites for hydroxylation is 1. The third-order valence-electron chi connectivity index (χ3n) is 21.1. The smallest absolute Gasteiger partial charge is 0.251 e. The summed E-state index contributed by atoms with van der Waals surface area (Å²) in [5.74, 6) is -11.8. The number of hydrogen-bond donors (Lipinski definition) is 17. The largest absolute Gasteiger partial charge is 0.508 e. The van der Waals surface area contributed by atoms with Gasteiger partial charge in [-0.1, -0.05) is 107 Å². The topological polar surface area (TPSA) is 493 Å². The van der Waals surface area contributed by atoms with E-state index in [1.165, 1.54) is 106 Å². The molecule has 2 aromatic heterocycles. The minimum Gasteiger partial charge on any atom is -0.508 e. The van der Waals surface area contributed by atoms with E-state index in [1.54, 1.807) is 95.4 Å². The first-order chi connectivity index (χ1) is 54.8. The number of nitrogens with zero attached hydrogens (tertiary/aromatic N) is 2. The van der Waals surface area contributed by atoms with Crippen LogP contribution in [0.25, 0.3) is 11.0 Å². The summed E-state index contributed by atoms with van der Waals surface area (Å²) in [5, 5.41) is 73.6. The Bertz CT molecular complexity index is 4610. The molecule has 2 bridgehead atoms. The number of nitrogens with one attached hydrogen (secondary N) is 12. The van der Waals surface area contributed by atoms with Gasteiger partial charge in [0.15, 0.2) is 0 Å². The molecule has 622 valence electrons. The van der Waals surface area contributed by atoms with Crippen LogP contribution in [0, 0.1) is 11.3 Å². The summed E-state index contributed by atoms with van der Waals surface area (Å²) in [4.78, 5) is 199. The second kappa shape index (κ2) is 39.0. The van der Waals surface area contributed by atoms with E-state index in [1.807, 2.05) is 18.2 Å². The van der Waals surface area contributed by atoms with Crippen LogP contribution in [0.15, 0.2) is 122 Å². The Kier molecular flexibility index (Phi) is 29.9. The van der Waals surface area contributed by atoms with Crippen LogP contribution in [0.3, 0.4) is 0 Å². The highest BCUT2D eigenvalue weighted by Gasteiger charge is 2.50. The van der Waals surface area contributed by atoms with Crippen molar-refractivity contribution in [2.45, 2.75) is 209 Å². The molecule has 18 N–H and O–H groups in total. The fourth-order valence-electron chi connectivity index (χ4n) is 14.1. The molecule has 13 amide bonds. The molecule has 4 heterocycles. The highest BCUT2D eigenvalue weighted by atomic mass is 32.2. The number of thioether (sulfide) groups is 2. The van der Waals surface area contributed by atoms with Gasteiger partial charge in [0.1, 0.15) is 88.6 Å². The Balaban J connectivity index is 1.07. The summed E-state index contributed by atoms with van der Waals surface area (Å²) in [6, 6.07) is 14.1. The maximum Gasteiger partial charge on any atom is 0.251 e. The molecule has 3 aliphatic rings. The van der Waals surface area contributed by atoms with Gasteiger partial charge in [0.25, 0.3) is 5.91 Å². The van der Waals surface area contributed by atoms with Crippen molar-refractivity contribution < 1.29 is 82.8 Å². The molecule has 0 saturated carbocycles. The van der Waals surface area contributed by atoms with E-state index in [4.69, 9.17) is 5.73 Å². The van der Waals surface area contributed by atoms with Crippen LogP contribution in [-0.4, -0.2) is 208 Å². The van der Waals surface area contributed by atoms with Crippen LogP contribution < -0.4 is 64.2 Å². The number of fused-ring (bicyclic) bond motifs is 6. The molecule has 14 atom stereocenters. The van der Waals surface area contributed by atoms with E-state index in [2.05, 4.69) is 68.5 Å². The molecule has 0 unspecified atom stereocenters. The van der Waals surface area contributed by atoms with E-state index < -0.39 is 172 Å². The molecule has 4 aromatic carbocycles. The molecule has 34 heteroatoms. The molecular formula is C82H105N15O17S2. The Morgan fingerprint density at radius 2 is 1.21 bits per heavy atom. The number of rotatable bonds is 11. The van der Waals surface area contributed by atoms with Gasteiger partial charge in [0, 0.05) is 73.5 Å². The van der Waals surface area contributed by atoms with E-state index in [-0.39, 0.29) is 74.5 Å². The number of carbonyl (C=O) groups excluding carboxylic acids is 13. The number of phenols is 2. The molecule has 1 aliphatic carbocycles. The van der Waals surface area contributed by atoms with Crippen LogP contribution in [-0.2, 0) is 105 Å². The predicted octanol–water partition coefficient (Wildman–Crippen LogP) is 1.36. The van der Waals surface area contributed by atoms with Gasteiger partial charge in [-0.2, -0.15) is 23.5 Å². The zero-order valence-electron chi connectivity index (χ0n) is 66.4. The third-order valence-corrected chi connectivity index (χ3v) is 23.3. The number of H-pyrrole nitrogens is 1. The van der Waals surface area contributed by atoms with Gasteiger partial charge in [0.05, 0.1) is 12.2 Å². The number of nitrogens with two attached hydrogens (primary N) is 1. The maximum atomic E-state index is 15.6. The molecule has 2 aliphatic heterocycles. The van der Waals surface area contributed by atoms with Gasteiger partial charge in [-0.15, -0.1) is 0 Å². The van der Waals surface area contributed by atoms with Crippen molar-refractivity contribution in [3.8, 4) is 11.5 Å². The van der Waals surface area contributed by atoms with Gasteiger partial charge in [-0.25, -0.2) is 4.98 Å². The summed E-state index contributed by atoms with van der Waals surface area (Å²) in [6.07, 6.45) is -0.469. The number of phenolic OH excluding ortho intramolecular Hbond substituents is 2. The van der Waals surface area contributed by atoms with Crippen molar-refractivity contribution in [2.75, 3.05) is 18.1 Å². The van der Waals surface area contributed by atoms with Crippen LogP contribution in [0.4, 0.5) is 0 Å². The number of aromatic nitrogens is 2. The maximum absolute atomic E-state index is 15.6. The van der Waals surface area contributed by atoms with Crippen molar-refractivity contribution in [1.29, 1.82) is 0 Å². The van der Waals surface area contributed by atoms with E-state index in [0.29, 0.717) is 50.4 Å². The van der Waals surface area contributed by atoms with Gasteiger partial charge in [0.2, 0.25) is 70.9 Å². The fourth-order valence-corrected chi connectivity index (χ4v) is 16.2. The number of amides is 13. The quantitative estimate of drug-likeness (QED) is 0.0870. The van der Waals surface area contributed by atoms with Crippen molar-refractivity contribution in [2.24, 2.45) is 17.1 Å². The highest BCUT2D eigenvalue weighted by Crippen LogP contribution is 2.38. The zero-order valence-corrected chi connectivity index (χ0v) is 68.1. The molecule has 1 fully saturated rings. The number of aliphatic hydroxyl groups is 2. The first-order valence-corrected chi connectivity index (χ1v) is 40.8. The molecule has 1 spiro atoms. The summed E-state index contributed by atoms with van der Waals surface area (Å²) in [6.45, 7) is 14.6. The van der Waals surface area contributed by atoms with Gasteiger partial charge in [-0.05, 0) is 140 Å². The van der Waals surface area contributed by atoms with Gasteiger partial charge in [-0.3, -0.25) is 62.3 Å². The summed E-state index contributed by atoms with van der Waals surface area (Å²) < 4.78 is 0. The summed E-state index contributed by atoms with van der Waals surface area (Å²) in [5.41, 5.74) is 5.19. The van der Waals surface area contributed by atoms with E-state index in [9.17, 15) is 63.6 Å². The zero-order chi connectivity index (χ0) is 84.7. The van der Waals surface area contributed by atoms with Crippen LogP contribution in [0.1, 0.15) is 127 Å². The number of pyridine rings is 1. The first kappa shape index (κ1) is 88.8. The monoisotopic (exact) mass is 1640 g/mol. The summed E-state index contributed by atoms with van der Waals surface area (Å²) in [7, 11) is 0. The summed E-state index contributed by atoms with van der Waals surface area (Å²) >= 11 is 2.52. The fraction of sp³-hybridized carbons (Fsp3) is 0.463. The van der Waals surface area contributed by atoms with Crippen LogP contribution in [0.5, 0.6) is 11.5 Å². The Morgan fingerprint density at radius 1 is 0.629 bits per heavy atom. The van der Waals surface area contributed by atoms with E-state index in [0.717, 1.165) is 11.1 Å². The number of benzene rings is 4.